The maximum atomic E-state index is 12.5. The van der Waals surface area contributed by atoms with Crippen LogP contribution in [0.5, 0.6) is 0 Å². The number of benzene rings is 2. The molecule has 2 aromatic rings. The highest BCUT2D eigenvalue weighted by Crippen LogP contribution is 2.26. The van der Waals surface area contributed by atoms with Crippen LogP contribution in [-0.4, -0.2) is 44.2 Å². The lowest BCUT2D eigenvalue weighted by Gasteiger charge is -2.30. The lowest BCUT2D eigenvalue weighted by Crippen LogP contribution is -2.42. The normalized spacial score (nSPS) is 15.2. The number of hydrogen-bond acceptors (Lipinski definition) is 4. The maximum Gasteiger partial charge on any atom is 0.251 e. The van der Waals surface area contributed by atoms with Gasteiger partial charge >= 0.3 is 0 Å². The van der Waals surface area contributed by atoms with Crippen molar-refractivity contribution in [2.75, 3.05) is 36.5 Å². The Balaban J connectivity index is 1.65. The van der Waals surface area contributed by atoms with Gasteiger partial charge in [-0.25, -0.2) is 0 Å². The standard InChI is InChI=1S/C20H23N3O3/c1-15(21-20(25)16-7-3-2-4-8-16)19(24)22-17-9-5-6-10-18(17)23-11-13-26-14-12-23/h2-10,15H,11-14H2,1H3,(H,21,25)(H,22,24). The molecule has 2 aromatic carbocycles. The van der Waals surface area contributed by atoms with Crippen LogP contribution in [0.4, 0.5) is 11.4 Å². The van der Waals surface area contributed by atoms with Crippen molar-refractivity contribution in [3.05, 3.63) is 60.2 Å². The minimum absolute atomic E-state index is 0.255. The Kier molecular flexibility index (Phi) is 5.86. The quantitative estimate of drug-likeness (QED) is 0.865. The van der Waals surface area contributed by atoms with Crippen LogP contribution in [0.3, 0.4) is 0 Å². The smallest absolute Gasteiger partial charge is 0.251 e. The molecular formula is C20H23N3O3. The van der Waals surface area contributed by atoms with Gasteiger partial charge in [-0.05, 0) is 31.2 Å². The molecule has 136 valence electrons. The Bertz CT molecular complexity index is 758. The van der Waals surface area contributed by atoms with Crippen LogP contribution < -0.4 is 15.5 Å². The number of anilines is 2. The molecule has 1 aliphatic heterocycles. The van der Waals surface area contributed by atoms with Gasteiger partial charge in [-0.15, -0.1) is 0 Å². The fourth-order valence-corrected chi connectivity index (χ4v) is 2.84. The maximum absolute atomic E-state index is 12.5. The summed E-state index contributed by atoms with van der Waals surface area (Å²) in [6, 6.07) is 15.9. The van der Waals surface area contributed by atoms with E-state index in [1.165, 1.54) is 0 Å². The van der Waals surface area contributed by atoms with E-state index < -0.39 is 6.04 Å². The number of rotatable bonds is 5. The fourth-order valence-electron chi connectivity index (χ4n) is 2.84. The molecule has 0 bridgehead atoms. The zero-order valence-electron chi connectivity index (χ0n) is 14.8. The molecule has 1 saturated heterocycles. The third kappa shape index (κ3) is 4.40. The van der Waals surface area contributed by atoms with Crippen LogP contribution in [0, 0.1) is 0 Å². The van der Waals surface area contributed by atoms with Crippen LogP contribution in [0.1, 0.15) is 17.3 Å². The summed E-state index contributed by atoms with van der Waals surface area (Å²) in [6.07, 6.45) is 0. The Morgan fingerprint density at radius 2 is 1.65 bits per heavy atom. The lowest BCUT2D eigenvalue weighted by atomic mass is 10.2. The number of hydrogen-bond donors (Lipinski definition) is 2. The van der Waals surface area contributed by atoms with Gasteiger partial charge in [0, 0.05) is 18.7 Å². The van der Waals surface area contributed by atoms with Crippen LogP contribution in [-0.2, 0) is 9.53 Å². The van der Waals surface area contributed by atoms with Crippen LogP contribution in [0.2, 0.25) is 0 Å². The van der Waals surface area contributed by atoms with Crippen LogP contribution >= 0.6 is 0 Å². The molecule has 0 radical (unpaired) electrons. The summed E-state index contributed by atoms with van der Waals surface area (Å²) in [4.78, 5) is 26.9. The summed E-state index contributed by atoms with van der Waals surface area (Å²) >= 11 is 0. The average molecular weight is 353 g/mol. The first-order chi connectivity index (χ1) is 12.6. The molecule has 0 aliphatic carbocycles. The first-order valence-electron chi connectivity index (χ1n) is 8.73. The molecule has 2 N–H and O–H groups in total. The molecule has 1 unspecified atom stereocenters. The zero-order valence-corrected chi connectivity index (χ0v) is 14.8. The minimum Gasteiger partial charge on any atom is -0.378 e. The molecule has 0 aromatic heterocycles. The van der Waals surface area contributed by atoms with Crippen LogP contribution in [0.15, 0.2) is 54.6 Å². The molecule has 6 nitrogen and oxygen atoms in total. The number of amides is 2. The topological polar surface area (TPSA) is 70.7 Å². The number of carbonyl (C=O) groups excluding carboxylic acids is 2. The number of carbonyl (C=O) groups is 2. The van der Waals surface area contributed by atoms with Crippen molar-refractivity contribution in [3.63, 3.8) is 0 Å². The van der Waals surface area contributed by atoms with Gasteiger partial charge in [-0.3, -0.25) is 9.59 Å². The van der Waals surface area contributed by atoms with Gasteiger partial charge in [0.25, 0.3) is 5.91 Å². The van der Waals surface area contributed by atoms with Crippen molar-refractivity contribution in [1.29, 1.82) is 0 Å². The third-order valence-electron chi connectivity index (χ3n) is 4.29. The number of nitrogens with zero attached hydrogens (tertiary/aromatic N) is 1. The highest BCUT2D eigenvalue weighted by Gasteiger charge is 2.20. The molecule has 1 atom stereocenters. The van der Waals surface area contributed by atoms with Gasteiger partial charge < -0.3 is 20.3 Å². The fraction of sp³-hybridized carbons (Fsp3) is 0.300. The number of morpholine rings is 1. The number of nitrogens with one attached hydrogen (secondary N) is 2. The van der Waals surface area contributed by atoms with E-state index in [-0.39, 0.29) is 11.8 Å². The van der Waals surface area contributed by atoms with Gasteiger partial charge in [0.2, 0.25) is 5.91 Å². The highest BCUT2D eigenvalue weighted by molar-refractivity contribution is 6.02. The van der Waals surface area contributed by atoms with E-state index >= 15 is 0 Å². The van der Waals surface area contributed by atoms with Crippen molar-refractivity contribution in [2.24, 2.45) is 0 Å². The highest BCUT2D eigenvalue weighted by atomic mass is 16.5. The lowest BCUT2D eigenvalue weighted by molar-refractivity contribution is -0.117. The summed E-state index contributed by atoms with van der Waals surface area (Å²) in [5, 5.41) is 5.66. The van der Waals surface area contributed by atoms with E-state index in [0.29, 0.717) is 18.8 Å². The molecule has 26 heavy (non-hydrogen) atoms. The molecule has 1 aliphatic rings. The SMILES string of the molecule is CC(NC(=O)c1ccccc1)C(=O)Nc1ccccc1N1CCOCC1. The Hall–Kier alpha value is -2.86. The monoisotopic (exact) mass is 353 g/mol. The van der Waals surface area contributed by atoms with Crippen molar-refractivity contribution < 1.29 is 14.3 Å². The summed E-state index contributed by atoms with van der Waals surface area (Å²) < 4.78 is 5.39. The molecular weight excluding hydrogens is 330 g/mol. The molecule has 2 amide bonds. The van der Waals surface area contributed by atoms with Crippen molar-refractivity contribution in [3.8, 4) is 0 Å². The Morgan fingerprint density at radius 3 is 2.38 bits per heavy atom. The van der Waals surface area contributed by atoms with E-state index in [1.807, 2.05) is 30.3 Å². The van der Waals surface area contributed by atoms with Gasteiger partial charge in [0.15, 0.2) is 0 Å². The van der Waals surface area contributed by atoms with Crippen molar-refractivity contribution in [2.45, 2.75) is 13.0 Å². The summed E-state index contributed by atoms with van der Waals surface area (Å²) in [7, 11) is 0. The third-order valence-corrected chi connectivity index (χ3v) is 4.29. The predicted molar refractivity (Wildman–Crippen MR) is 101 cm³/mol. The second kappa shape index (κ2) is 8.49. The summed E-state index contributed by atoms with van der Waals surface area (Å²) in [6.45, 7) is 4.59. The second-order valence-electron chi connectivity index (χ2n) is 6.17. The number of para-hydroxylation sites is 2. The molecule has 3 rings (SSSR count). The van der Waals surface area contributed by atoms with Gasteiger partial charge in [-0.2, -0.15) is 0 Å². The van der Waals surface area contributed by atoms with E-state index in [0.717, 1.165) is 24.5 Å². The average Bonchev–Trinajstić information content (AvgIpc) is 2.69. The summed E-state index contributed by atoms with van der Waals surface area (Å²) in [5.74, 6) is -0.523. The van der Waals surface area contributed by atoms with E-state index in [2.05, 4.69) is 15.5 Å². The minimum atomic E-state index is -0.652. The largest absolute Gasteiger partial charge is 0.378 e. The Morgan fingerprint density at radius 1 is 1.00 bits per heavy atom. The van der Waals surface area contributed by atoms with Crippen molar-refractivity contribution >= 4 is 23.2 Å². The van der Waals surface area contributed by atoms with Crippen molar-refractivity contribution in [1.82, 2.24) is 5.32 Å². The molecule has 0 spiro atoms. The Labute approximate surface area is 153 Å². The second-order valence-corrected chi connectivity index (χ2v) is 6.17. The molecule has 0 saturated carbocycles. The molecule has 1 heterocycles. The van der Waals surface area contributed by atoms with Gasteiger partial charge in [0.1, 0.15) is 6.04 Å². The molecule has 1 fully saturated rings. The first kappa shape index (κ1) is 17.9. The van der Waals surface area contributed by atoms with Crippen LogP contribution in [0.25, 0.3) is 0 Å². The first-order valence-corrected chi connectivity index (χ1v) is 8.73. The van der Waals surface area contributed by atoms with Gasteiger partial charge in [0.05, 0.1) is 24.6 Å². The predicted octanol–water partition coefficient (Wildman–Crippen LogP) is 2.28. The molecule has 6 heteroatoms. The van der Waals surface area contributed by atoms with Gasteiger partial charge in [-0.1, -0.05) is 30.3 Å². The van der Waals surface area contributed by atoms with E-state index in [9.17, 15) is 9.59 Å². The van der Waals surface area contributed by atoms with E-state index in [1.54, 1.807) is 31.2 Å². The number of ether oxygens (including phenoxy) is 1. The summed E-state index contributed by atoms with van der Waals surface area (Å²) in [5.41, 5.74) is 2.23. The van der Waals surface area contributed by atoms with E-state index in [4.69, 9.17) is 4.74 Å². The zero-order chi connectivity index (χ0) is 18.4.